The largest absolute Gasteiger partial charge is 0.468 e. The van der Waals surface area contributed by atoms with E-state index in [4.69, 9.17) is 9.31 Å². The van der Waals surface area contributed by atoms with Crippen LogP contribution in [0.5, 0.6) is 0 Å². The topological polar surface area (TPSA) is 18.5 Å². The summed E-state index contributed by atoms with van der Waals surface area (Å²) in [5.74, 6) is 1.52. The molecule has 4 heteroatoms. The van der Waals surface area contributed by atoms with Crippen molar-refractivity contribution in [1.82, 2.24) is 0 Å². The molecule has 0 amide bonds. The van der Waals surface area contributed by atoms with E-state index in [0.717, 1.165) is 11.1 Å². The van der Waals surface area contributed by atoms with Crippen molar-refractivity contribution < 1.29 is 9.31 Å². The Labute approximate surface area is 100 Å². The lowest BCUT2D eigenvalue weighted by Gasteiger charge is -2.64. The molecule has 4 atom stereocenters. The first kappa shape index (κ1) is 10.6. The Morgan fingerprint density at radius 3 is 2.67 bits per heavy atom. The maximum Gasteiger partial charge on any atom is 0.468 e. The van der Waals surface area contributed by atoms with E-state index >= 15 is 0 Å². The van der Waals surface area contributed by atoms with E-state index in [2.05, 4.69) is 36.7 Å². The van der Waals surface area contributed by atoms with Gasteiger partial charge in [-0.15, -0.1) is 0 Å². The molecule has 0 aromatic heterocycles. The van der Waals surface area contributed by atoms with Gasteiger partial charge in [-0.1, -0.05) is 29.8 Å². The lowest BCUT2D eigenvalue weighted by Crippen LogP contribution is -2.65. The van der Waals surface area contributed by atoms with Gasteiger partial charge in [-0.2, -0.15) is 0 Å². The summed E-state index contributed by atoms with van der Waals surface area (Å²) in [5.41, 5.74) is 0.423. The van der Waals surface area contributed by atoms with Crippen molar-refractivity contribution in [3.63, 3.8) is 0 Å². The maximum atomic E-state index is 6.12. The van der Waals surface area contributed by atoms with Crippen molar-refractivity contribution in [1.29, 1.82) is 0 Å². The molecule has 0 N–H and O–H groups in total. The normalized spacial score (nSPS) is 51.2. The second kappa shape index (κ2) is 3.02. The summed E-state index contributed by atoms with van der Waals surface area (Å²) >= 11 is 3.45. The van der Waals surface area contributed by atoms with Gasteiger partial charge < -0.3 is 9.31 Å². The summed E-state index contributed by atoms with van der Waals surface area (Å²) in [5, 5.41) is 0.789. The van der Waals surface area contributed by atoms with Crippen LogP contribution in [-0.4, -0.2) is 24.1 Å². The van der Waals surface area contributed by atoms with Crippen molar-refractivity contribution in [3.05, 3.63) is 0 Å². The van der Waals surface area contributed by atoms with Crippen LogP contribution in [0.4, 0.5) is 0 Å². The molecule has 0 aromatic carbocycles. The van der Waals surface area contributed by atoms with Gasteiger partial charge in [0, 0.05) is 5.23 Å². The molecule has 1 aliphatic heterocycles. The summed E-state index contributed by atoms with van der Waals surface area (Å²) in [7, 11) is -0.0323. The standard InChI is InChI=1S/C11H18BBrO2/c1-10(2)7-4-8(10)11(3)9(5-7)14-12(6-13)15-11/h7-9H,4-6H2,1-3H3/t7-,8?,9+,11-/m0/s1. The molecule has 3 saturated carbocycles. The molecule has 0 aromatic rings. The predicted octanol–water partition coefficient (Wildman–Crippen LogP) is 2.65. The smallest absolute Gasteiger partial charge is 0.405 e. The zero-order valence-electron chi connectivity index (χ0n) is 9.63. The summed E-state index contributed by atoms with van der Waals surface area (Å²) < 4.78 is 12.1. The van der Waals surface area contributed by atoms with Gasteiger partial charge >= 0.3 is 7.12 Å². The van der Waals surface area contributed by atoms with Crippen LogP contribution in [-0.2, 0) is 9.31 Å². The van der Waals surface area contributed by atoms with Crippen LogP contribution >= 0.6 is 15.9 Å². The van der Waals surface area contributed by atoms with Crippen LogP contribution in [0.1, 0.15) is 33.6 Å². The molecule has 84 valence electrons. The summed E-state index contributed by atoms with van der Waals surface area (Å²) in [4.78, 5) is 0. The van der Waals surface area contributed by atoms with Crippen LogP contribution in [0.25, 0.3) is 0 Å². The zero-order valence-corrected chi connectivity index (χ0v) is 11.2. The molecule has 4 fully saturated rings. The highest BCUT2D eigenvalue weighted by Crippen LogP contribution is 2.65. The minimum atomic E-state index is -0.0323. The van der Waals surface area contributed by atoms with Gasteiger partial charge in [0.2, 0.25) is 0 Å². The van der Waals surface area contributed by atoms with Crippen molar-refractivity contribution >= 4 is 23.0 Å². The van der Waals surface area contributed by atoms with E-state index in [-0.39, 0.29) is 12.7 Å². The molecular formula is C11H18BBrO2. The van der Waals surface area contributed by atoms with E-state index in [1.807, 2.05) is 0 Å². The van der Waals surface area contributed by atoms with Crippen molar-refractivity contribution in [2.45, 2.75) is 45.3 Å². The average Bonchev–Trinajstić information content (AvgIpc) is 2.53. The van der Waals surface area contributed by atoms with Crippen LogP contribution in [0.3, 0.4) is 0 Å². The Morgan fingerprint density at radius 2 is 2.07 bits per heavy atom. The van der Waals surface area contributed by atoms with E-state index < -0.39 is 0 Å². The molecule has 4 rings (SSSR count). The highest BCUT2D eigenvalue weighted by atomic mass is 79.9. The fraction of sp³-hybridized carbons (Fsp3) is 1.00. The Kier molecular flexibility index (Phi) is 2.14. The molecule has 1 unspecified atom stereocenters. The Balaban J connectivity index is 1.89. The number of alkyl halides is 1. The molecule has 2 bridgehead atoms. The van der Waals surface area contributed by atoms with E-state index in [0.29, 0.717) is 17.4 Å². The van der Waals surface area contributed by atoms with Crippen LogP contribution in [0.15, 0.2) is 0 Å². The fourth-order valence-electron chi connectivity index (χ4n) is 4.02. The Bertz CT molecular complexity index is 296. The van der Waals surface area contributed by atoms with Gasteiger partial charge in [0.25, 0.3) is 0 Å². The molecule has 15 heavy (non-hydrogen) atoms. The average molecular weight is 273 g/mol. The second-order valence-corrected chi connectivity index (χ2v) is 6.70. The minimum Gasteiger partial charge on any atom is -0.405 e. The highest BCUT2D eigenvalue weighted by Gasteiger charge is 2.67. The molecule has 1 heterocycles. The third-order valence-electron chi connectivity index (χ3n) is 5.13. The molecular weight excluding hydrogens is 255 g/mol. The Hall–Kier alpha value is 0.465. The van der Waals surface area contributed by atoms with Crippen LogP contribution in [0.2, 0.25) is 0 Å². The number of halogens is 1. The molecule has 4 aliphatic rings. The van der Waals surface area contributed by atoms with Gasteiger partial charge in [-0.25, -0.2) is 0 Å². The first-order chi connectivity index (χ1) is 6.98. The van der Waals surface area contributed by atoms with Crippen LogP contribution in [0, 0.1) is 17.3 Å². The third-order valence-corrected chi connectivity index (χ3v) is 5.66. The zero-order chi connectivity index (χ0) is 10.8. The van der Waals surface area contributed by atoms with Gasteiger partial charge in [0.1, 0.15) is 0 Å². The number of hydrogen-bond donors (Lipinski definition) is 0. The van der Waals surface area contributed by atoms with Gasteiger partial charge in [0.05, 0.1) is 11.7 Å². The number of rotatable bonds is 1. The molecule has 0 radical (unpaired) electrons. The Morgan fingerprint density at radius 1 is 1.33 bits per heavy atom. The second-order valence-electron chi connectivity index (χ2n) is 6.05. The first-order valence-electron chi connectivity index (χ1n) is 5.87. The van der Waals surface area contributed by atoms with E-state index in [1.165, 1.54) is 12.8 Å². The highest BCUT2D eigenvalue weighted by molar-refractivity contribution is 9.09. The summed E-state index contributed by atoms with van der Waals surface area (Å²) in [6.07, 6.45) is 2.85. The van der Waals surface area contributed by atoms with Crippen LogP contribution < -0.4 is 0 Å². The van der Waals surface area contributed by atoms with Crippen molar-refractivity contribution in [2.24, 2.45) is 17.3 Å². The minimum absolute atomic E-state index is 0.0311. The predicted molar refractivity (Wildman–Crippen MR) is 63.9 cm³/mol. The first-order valence-corrected chi connectivity index (χ1v) is 7.00. The van der Waals surface area contributed by atoms with Gasteiger partial charge in [0.15, 0.2) is 0 Å². The van der Waals surface area contributed by atoms with E-state index in [9.17, 15) is 0 Å². The maximum absolute atomic E-state index is 6.12. The van der Waals surface area contributed by atoms with Crippen molar-refractivity contribution in [3.8, 4) is 0 Å². The lowest BCUT2D eigenvalue weighted by atomic mass is 9.43. The third kappa shape index (κ3) is 1.19. The van der Waals surface area contributed by atoms with Gasteiger partial charge in [-0.3, -0.25) is 0 Å². The quantitative estimate of drug-likeness (QED) is 0.540. The molecule has 1 saturated heterocycles. The SMILES string of the molecule is CC1(C)C2C[C@H]1C[C@H]1OB(CBr)O[C@@]21C. The van der Waals surface area contributed by atoms with Gasteiger partial charge in [-0.05, 0) is 37.0 Å². The fourth-order valence-corrected chi connectivity index (χ4v) is 4.30. The summed E-state index contributed by atoms with van der Waals surface area (Å²) in [6.45, 7) is 7.03. The van der Waals surface area contributed by atoms with E-state index in [1.54, 1.807) is 0 Å². The molecule has 2 nitrogen and oxygen atoms in total. The lowest BCUT2D eigenvalue weighted by molar-refractivity contribution is -0.199. The molecule has 3 aliphatic carbocycles. The number of hydrogen-bond acceptors (Lipinski definition) is 2. The summed E-state index contributed by atoms with van der Waals surface area (Å²) in [6, 6.07) is 0. The molecule has 0 spiro atoms. The monoisotopic (exact) mass is 272 g/mol. The van der Waals surface area contributed by atoms with Crippen molar-refractivity contribution in [2.75, 3.05) is 5.23 Å².